The van der Waals surface area contributed by atoms with Crippen molar-refractivity contribution in [2.24, 2.45) is 0 Å². The minimum absolute atomic E-state index is 0. The second-order valence-electron chi connectivity index (χ2n) is 4.84. The summed E-state index contributed by atoms with van der Waals surface area (Å²) in [4.78, 5) is 2.34. The van der Waals surface area contributed by atoms with Gasteiger partial charge in [0.05, 0.1) is 5.02 Å². The number of piperazine rings is 1. The first-order valence-electron chi connectivity index (χ1n) is 6.73. The number of nitrogens with zero attached hydrogens (tertiary/aromatic N) is 1. The fraction of sp³-hybridized carbons (Fsp3) is 0.571. The molecule has 0 spiro atoms. The van der Waals surface area contributed by atoms with Crippen LogP contribution in [-0.4, -0.2) is 42.8 Å². The number of hydrogen-bond acceptors (Lipinski definition) is 3. The van der Waals surface area contributed by atoms with Gasteiger partial charge in [-0.1, -0.05) is 17.7 Å². The molecule has 0 unspecified atom stereocenters. The summed E-state index contributed by atoms with van der Waals surface area (Å²) in [5, 5.41) is 12.5. The number of benzene rings is 1. The summed E-state index contributed by atoms with van der Waals surface area (Å²) >= 11 is 5.74. The van der Waals surface area contributed by atoms with Crippen molar-refractivity contribution in [1.82, 2.24) is 10.2 Å². The number of nitrogens with one attached hydrogen (secondary N) is 1. The van der Waals surface area contributed by atoms with Crippen LogP contribution in [0.5, 0.6) is 0 Å². The zero-order valence-electron chi connectivity index (χ0n) is 11.3. The molecule has 0 saturated carbocycles. The Morgan fingerprint density at radius 1 is 1.35 bits per heavy atom. The lowest BCUT2D eigenvalue weighted by Gasteiger charge is -2.35. The second kappa shape index (κ2) is 8.80. The lowest BCUT2D eigenvalue weighted by Crippen LogP contribution is -2.45. The van der Waals surface area contributed by atoms with Crippen LogP contribution in [0.2, 0.25) is 5.02 Å². The van der Waals surface area contributed by atoms with Gasteiger partial charge in [0, 0.05) is 38.8 Å². The molecule has 0 aromatic heterocycles. The van der Waals surface area contributed by atoms with Crippen molar-refractivity contribution in [3.8, 4) is 0 Å². The minimum atomic E-state index is -0.372. The Labute approximate surface area is 130 Å². The average molecular weight is 323 g/mol. The van der Waals surface area contributed by atoms with E-state index in [1.165, 1.54) is 6.07 Å². The summed E-state index contributed by atoms with van der Waals surface area (Å²) in [5.41, 5.74) is 0.942. The first kappa shape index (κ1) is 17.7. The predicted molar refractivity (Wildman–Crippen MR) is 82.2 cm³/mol. The molecule has 1 atom stereocenters. The van der Waals surface area contributed by atoms with Gasteiger partial charge < -0.3 is 10.4 Å². The number of rotatable bonds is 5. The van der Waals surface area contributed by atoms with E-state index in [4.69, 9.17) is 16.7 Å². The summed E-state index contributed by atoms with van der Waals surface area (Å²) in [6, 6.07) is 5.17. The monoisotopic (exact) mass is 322 g/mol. The van der Waals surface area contributed by atoms with Crippen molar-refractivity contribution in [1.29, 1.82) is 0 Å². The lowest BCUT2D eigenvalue weighted by molar-refractivity contribution is 0.154. The molecule has 0 amide bonds. The second-order valence-corrected chi connectivity index (χ2v) is 5.25. The fourth-order valence-electron chi connectivity index (χ4n) is 2.56. The lowest BCUT2D eigenvalue weighted by atomic mass is 9.99. The van der Waals surface area contributed by atoms with Gasteiger partial charge in [0.25, 0.3) is 0 Å². The molecule has 1 aromatic rings. The molecule has 0 aliphatic carbocycles. The summed E-state index contributed by atoms with van der Waals surface area (Å²) in [6.45, 7) is 3.96. The third-order valence-corrected chi connectivity index (χ3v) is 3.86. The van der Waals surface area contributed by atoms with Crippen LogP contribution in [0.3, 0.4) is 0 Å². The normalized spacial score (nSPS) is 17.6. The number of aliphatic hydroxyl groups excluding tert-OH is 1. The maximum absolute atomic E-state index is 13.6. The van der Waals surface area contributed by atoms with Crippen LogP contribution in [0.4, 0.5) is 4.39 Å². The van der Waals surface area contributed by atoms with Crippen LogP contribution in [0.25, 0.3) is 0 Å². The van der Waals surface area contributed by atoms with Crippen LogP contribution in [0.15, 0.2) is 18.2 Å². The summed E-state index contributed by atoms with van der Waals surface area (Å²) in [7, 11) is 0. The van der Waals surface area contributed by atoms with Gasteiger partial charge in [-0.2, -0.15) is 0 Å². The first-order chi connectivity index (χ1) is 9.22. The van der Waals surface area contributed by atoms with Crippen molar-refractivity contribution < 1.29 is 9.50 Å². The van der Waals surface area contributed by atoms with Crippen molar-refractivity contribution in [3.63, 3.8) is 0 Å². The highest BCUT2D eigenvalue weighted by molar-refractivity contribution is 6.30. The third kappa shape index (κ3) is 4.57. The highest BCUT2D eigenvalue weighted by Crippen LogP contribution is 2.28. The molecule has 1 aliphatic rings. The third-order valence-electron chi connectivity index (χ3n) is 3.56. The standard InChI is InChI=1S/C14H20ClFN2O.ClH/c15-12-4-3-11(10-13(12)16)14(2-1-9-19)18-7-5-17-6-8-18;/h3-4,10,14,17,19H,1-2,5-9H2;1H/t14-;/m1./s1. The molecule has 6 heteroatoms. The molecule has 3 nitrogen and oxygen atoms in total. The van der Waals surface area contributed by atoms with Gasteiger partial charge in [0.1, 0.15) is 5.82 Å². The van der Waals surface area contributed by atoms with Gasteiger partial charge in [-0.15, -0.1) is 12.4 Å². The molecule has 1 heterocycles. The van der Waals surface area contributed by atoms with E-state index < -0.39 is 0 Å². The molecule has 0 radical (unpaired) electrons. The molecule has 2 N–H and O–H groups in total. The Morgan fingerprint density at radius 3 is 2.65 bits per heavy atom. The largest absolute Gasteiger partial charge is 0.396 e. The summed E-state index contributed by atoms with van der Waals surface area (Å²) in [5.74, 6) is -0.372. The van der Waals surface area contributed by atoms with Crippen LogP contribution in [0, 0.1) is 5.82 Å². The quantitative estimate of drug-likeness (QED) is 0.874. The topological polar surface area (TPSA) is 35.5 Å². The minimum Gasteiger partial charge on any atom is -0.396 e. The number of hydrogen-bond donors (Lipinski definition) is 2. The fourth-order valence-corrected chi connectivity index (χ4v) is 2.68. The van der Waals surface area contributed by atoms with Crippen molar-refractivity contribution >= 4 is 24.0 Å². The molecule has 2 rings (SSSR count). The molecule has 0 bridgehead atoms. The molecule has 1 fully saturated rings. The van der Waals surface area contributed by atoms with E-state index in [9.17, 15) is 4.39 Å². The number of halogens is 3. The van der Waals surface area contributed by atoms with Crippen LogP contribution >= 0.6 is 24.0 Å². The van der Waals surface area contributed by atoms with Gasteiger partial charge in [-0.05, 0) is 30.5 Å². The van der Waals surface area contributed by atoms with E-state index in [0.717, 1.165) is 44.6 Å². The zero-order chi connectivity index (χ0) is 13.7. The van der Waals surface area contributed by atoms with E-state index >= 15 is 0 Å². The molecule has 1 aromatic carbocycles. The van der Waals surface area contributed by atoms with E-state index in [0.29, 0.717) is 0 Å². The Bertz CT molecular complexity index is 414. The molecule has 20 heavy (non-hydrogen) atoms. The average Bonchev–Trinajstić information content (AvgIpc) is 2.44. The Kier molecular flexibility index (Phi) is 7.77. The van der Waals surface area contributed by atoms with Crippen LogP contribution in [0.1, 0.15) is 24.4 Å². The van der Waals surface area contributed by atoms with E-state index in [-0.39, 0.29) is 35.9 Å². The van der Waals surface area contributed by atoms with E-state index in [2.05, 4.69) is 10.2 Å². The Morgan fingerprint density at radius 2 is 2.05 bits per heavy atom. The molecular weight excluding hydrogens is 302 g/mol. The highest BCUT2D eigenvalue weighted by atomic mass is 35.5. The van der Waals surface area contributed by atoms with E-state index in [1.54, 1.807) is 6.07 Å². The first-order valence-corrected chi connectivity index (χ1v) is 7.10. The predicted octanol–water partition coefficient (Wildman–Crippen LogP) is 2.62. The maximum Gasteiger partial charge on any atom is 0.142 e. The van der Waals surface area contributed by atoms with Gasteiger partial charge in [0.2, 0.25) is 0 Å². The van der Waals surface area contributed by atoms with Crippen molar-refractivity contribution in [3.05, 3.63) is 34.6 Å². The van der Waals surface area contributed by atoms with Gasteiger partial charge in [0.15, 0.2) is 0 Å². The van der Waals surface area contributed by atoms with Crippen LogP contribution in [-0.2, 0) is 0 Å². The number of aliphatic hydroxyl groups is 1. The Balaban J connectivity index is 0.00000200. The van der Waals surface area contributed by atoms with Crippen molar-refractivity contribution in [2.75, 3.05) is 32.8 Å². The smallest absolute Gasteiger partial charge is 0.142 e. The SMILES string of the molecule is Cl.OCCC[C@H](c1ccc(Cl)c(F)c1)N1CCNCC1. The molecule has 114 valence electrons. The maximum atomic E-state index is 13.6. The van der Waals surface area contributed by atoms with Crippen LogP contribution < -0.4 is 5.32 Å². The van der Waals surface area contributed by atoms with E-state index in [1.807, 2.05) is 6.07 Å². The highest BCUT2D eigenvalue weighted by Gasteiger charge is 2.22. The van der Waals surface area contributed by atoms with Gasteiger partial charge >= 0.3 is 0 Å². The van der Waals surface area contributed by atoms with Gasteiger partial charge in [-0.3, -0.25) is 4.90 Å². The zero-order valence-corrected chi connectivity index (χ0v) is 12.9. The Hall–Kier alpha value is -0.390. The van der Waals surface area contributed by atoms with Gasteiger partial charge in [-0.25, -0.2) is 4.39 Å². The molecule has 1 saturated heterocycles. The summed E-state index contributed by atoms with van der Waals surface area (Å²) < 4.78 is 13.6. The van der Waals surface area contributed by atoms with Crippen molar-refractivity contribution in [2.45, 2.75) is 18.9 Å². The summed E-state index contributed by atoms with van der Waals surface area (Å²) in [6.07, 6.45) is 1.55. The molecular formula is C14H21Cl2FN2O. The molecule has 1 aliphatic heterocycles.